The third-order valence-electron chi connectivity index (χ3n) is 3.74. The van der Waals surface area contributed by atoms with E-state index in [0.717, 1.165) is 18.2 Å². The molecule has 2 fully saturated rings. The summed E-state index contributed by atoms with van der Waals surface area (Å²) in [6.45, 7) is 2.04. The van der Waals surface area contributed by atoms with Gasteiger partial charge in [-0.3, -0.25) is 9.97 Å². The van der Waals surface area contributed by atoms with Crippen LogP contribution < -0.4 is 5.32 Å². The van der Waals surface area contributed by atoms with E-state index in [1.165, 1.54) is 32.2 Å². The predicted molar refractivity (Wildman–Crippen MR) is 58.1 cm³/mol. The summed E-state index contributed by atoms with van der Waals surface area (Å²) in [5.41, 5.74) is 1.73. The minimum absolute atomic E-state index is 0.683. The van der Waals surface area contributed by atoms with Crippen LogP contribution in [-0.4, -0.2) is 16.5 Å². The van der Waals surface area contributed by atoms with Gasteiger partial charge in [-0.25, -0.2) is 0 Å². The standard InChI is InChI=1S/C12H17N3/c1-2-10(1)12(3-4-12)9-14-8-11-7-13-5-6-15-11/h5-7,10,14H,1-4,8-9H2. The predicted octanol–water partition coefficient (Wildman–Crippen LogP) is 1.76. The molecule has 1 aromatic heterocycles. The zero-order valence-corrected chi connectivity index (χ0v) is 8.95. The molecule has 0 aromatic carbocycles. The smallest absolute Gasteiger partial charge is 0.0724 e. The monoisotopic (exact) mass is 203 g/mol. The Bertz CT molecular complexity index is 328. The molecule has 0 amide bonds. The molecule has 0 aliphatic heterocycles. The Morgan fingerprint density at radius 2 is 2.20 bits per heavy atom. The molecule has 15 heavy (non-hydrogen) atoms. The maximum Gasteiger partial charge on any atom is 0.0724 e. The second-order valence-electron chi connectivity index (χ2n) is 4.94. The first-order valence-corrected chi connectivity index (χ1v) is 5.85. The second-order valence-corrected chi connectivity index (χ2v) is 4.94. The van der Waals surface area contributed by atoms with Crippen molar-refractivity contribution in [3.05, 3.63) is 24.3 Å². The van der Waals surface area contributed by atoms with Crippen molar-refractivity contribution in [3.63, 3.8) is 0 Å². The maximum absolute atomic E-state index is 4.25. The summed E-state index contributed by atoms with van der Waals surface area (Å²) >= 11 is 0. The SMILES string of the molecule is c1cnc(CNCC2(C3CC3)CC2)cn1. The highest BCUT2D eigenvalue weighted by Gasteiger charge is 2.53. The van der Waals surface area contributed by atoms with Crippen molar-refractivity contribution < 1.29 is 0 Å². The molecule has 3 heteroatoms. The first-order valence-electron chi connectivity index (χ1n) is 5.85. The van der Waals surface area contributed by atoms with Crippen molar-refractivity contribution in [2.45, 2.75) is 32.2 Å². The fourth-order valence-electron chi connectivity index (χ4n) is 2.45. The lowest BCUT2D eigenvalue weighted by molar-refractivity contribution is 0.402. The number of hydrogen-bond donors (Lipinski definition) is 1. The molecule has 2 aliphatic carbocycles. The zero-order valence-electron chi connectivity index (χ0n) is 8.95. The van der Waals surface area contributed by atoms with E-state index in [1.54, 1.807) is 12.4 Å². The molecule has 80 valence electrons. The van der Waals surface area contributed by atoms with Gasteiger partial charge in [-0.1, -0.05) is 0 Å². The van der Waals surface area contributed by atoms with Gasteiger partial charge in [-0.2, -0.15) is 0 Å². The van der Waals surface area contributed by atoms with Crippen LogP contribution in [0.25, 0.3) is 0 Å². The van der Waals surface area contributed by atoms with Crippen LogP contribution >= 0.6 is 0 Å². The summed E-state index contributed by atoms with van der Waals surface area (Å²) in [5, 5.41) is 3.52. The van der Waals surface area contributed by atoms with Crippen molar-refractivity contribution in [2.75, 3.05) is 6.54 Å². The Balaban J connectivity index is 1.47. The number of nitrogens with one attached hydrogen (secondary N) is 1. The molecule has 2 saturated carbocycles. The Labute approximate surface area is 90.3 Å². The summed E-state index contributed by atoms with van der Waals surface area (Å²) in [4.78, 5) is 8.31. The van der Waals surface area contributed by atoms with Gasteiger partial charge in [0.05, 0.1) is 5.69 Å². The van der Waals surface area contributed by atoms with Crippen LogP contribution in [0.3, 0.4) is 0 Å². The van der Waals surface area contributed by atoms with Crippen LogP contribution in [0.4, 0.5) is 0 Å². The molecule has 0 saturated heterocycles. The quantitative estimate of drug-likeness (QED) is 0.792. The van der Waals surface area contributed by atoms with Crippen LogP contribution in [0.5, 0.6) is 0 Å². The zero-order chi connectivity index (χ0) is 10.1. The van der Waals surface area contributed by atoms with E-state index < -0.39 is 0 Å². The van der Waals surface area contributed by atoms with E-state index in [9.17, 15) is 0 Å². The van der Waals surface area contributed by atoms with Crippen LogP contribution in [0.2, 0.25) is 0 Å². The van der Waals surface area contributed by atoms with Gasteiger partial charge < -0.3 is 5.32 Å². The summed E-state index contributed by atoms with van der Waals surface area (Å²) in [6, 6.07) is 0. The summed E-state index contributed by atoms with van der Waals surface area (Å²) in [6.07, 6.45) is 11.1. The van der Waals surface area contributed by atoms with E-state index in [1.807, 2.05) is 6.20 Å². The fourth-order valence-corrected chi connectivity index (χ4v) is 2.45. The summed E-state index contributed by atoms with van der Waals surface area (Å²) < 4.78 is 0. The van der Waals surface area contributed by atoms with Gasteiger partial charge in [0.2, 0.25) is 0 Å². The second kappa shape index (κ2) is 3.56. The molecule has 0 atom stereocenters. The third kappa shape index (κ3) is 2.02. The molecule has 2 aliphatic rings. The highest BCUT2D eigenvalue weighted by molar-refractivity contribution is 5.05. The van der Waals surface area contributed by atoms with Gasteiger partial charge in [-0.15, -0.1) is 0 Å². The average Bonchev–Trinajstić information content (AvgIpc) is 3.14. The molecule has 3 rings (SSSR count). The van der Waals surface area contributed by atoms with Gasteiger partial charge in [0.15, 0.2) is 0 Å². The molecular formula is C12H17N3. The highest BCUT2D eigenvalue weighted by atomic mass is 14.9. The Morgan fingerprint density at radius 1 is 1.33 bits per heavy atom. The number of nitrogens with zero attached hydrogens (tertiary/aromatic N) is 2. The third-order valence-corrected chi connectivity index (χ3v) is 3.74. The van der Waals surface area contributed by atoms with Gasteiger partial charge in [0.25, 0.3) is 0 Å². The molecule has 1 heterocycles. The lowest BCUT2D eigenvalue weighted by Crippen LogP contribution is -2.25. The molecule has 0 unspecified atom stereocenters. The normalized spacial score (nSPS) is 22.7. The number of aromatic nitrogens is 2. The van der Waals surface area contributed by atoms with Crippen LogP contribution in [-0.2, 0) is 6.54 Å². The van der Waals surface area contributed by atoms with Crippen molar-refractivity contribution in [1.29, 1.82) is 0 Å². The molecule has 0 bridgehead atoms. The number of rotatable bonds is 5. The lowest BCUT2D eigenvalue weighted by atomic mass is 10.0. The van der Waals surface area contributed by atoms with E-state index >= 15 is 0 Å². The first kappa shape index (κ1) is 9.28. The van der Waals surface area contributed by atoms with Crippen molar-refractivity contribution in [3.8, 4) is 0 Å². The minimum Gasteiger partial charge on any atom is -0.311 e. The van der Waals surface area contributed by atoms with E-state index in [2.05, 4.69) is 15.3 Å². The van der Waals surface area contributed by atoms with Crippen LogP contribution in [0, 0.1) is 11.3 Å². The molecule has 3 nitrogen and oxygen atoms in total. The Hall–Kier alpha value is -0.960. The van der Waals surface area contributed by atoms with Crippen molar-refractivity contribution in [1.82, 2.24) is 15.3 Å². The summed E-state index contributed by atoms with van der Waals surface area (Å²) in [5.74, 6) is 1.03. The molecule has 1 aromatic rings. The van der Waals surface area contributed by atoms with Crippen molar-refractivity contribution in [2.24, 2.45) is 11.3 Å². The summed E-state index contributed by atoms with van der Waals surface area (Å²) in [7, 11) is 0. The van der Waals surface area contributed by atoms with E-state index in [0.29, 0.717) is 5.41 Å². The van der Waals surface area contributed by atoms with Gasteiger partial charge in [-0.05, 0) is 37.0 Å². The van der Waals surface area contributed by atoms with Crippen LogP contribution in [0.1, 0.15) is 31.4 Å². The lowest BCUT2D eigenvalue weighted by Gasteiger charge is -2.14. The fraction of sp³-hybridized carbons (Fsp3) is 0.667. The Kier molecular flexibility index (Phi) is 2.20. The molecular weight excluding hydrogens is 186 g/mol. The molecule has 1 N–H and O–H groups in total. The Morgan fingerprint density at radius 3 is 2.80 bits per heavy atom. The highest BCUT2D eigenvalue weighted by Crippen LogP contribution is 2.60. The number of hydrogen-bond acceptors (Lipinski definition) is 3. The largest absolute Gasteiger partial charge is 0.311 e. The van der Waals surface area contributed by atoms with Gasteiger partial charge >= 0.3 is 0 Å². The topological polar surface area (TPSA) is 37.8 Å². The van der Waals surface area contributed by atoms with E-state index in [-0.39, 0.29) is 0 Å². The van der Waals surface area contributed by atoms with Gasteiger partial charge in [0, 0.05) is 31.7 Å². The van der Waals surface area contributed by atoms with Crippen molar-refractivity contribution >= 4 is 0 Å². The molecule has 0 radical (unpaired) electrons. The maximum atomic E-state index is 4.25. The average molecular weight is 203 g/mol. The minimum atomic E-state index is 0.683. The van der Waals surface area contributed by atoms with Crippen LogP contribution in [0.15, 0.2) is 18.6 Å². The van der Waals surface area contributed by atoms with Gasteiger partial charge in [0.1, 0.15) is 0 Å². The van der Waals surface area contributed by atoms with E-state index in [4.69, 9.17) is 0 Å². The first-order chi connectivity index (χ1) is 7.39. The molecule has 0 spiro atoms.